The topological polar surface area (TPSA) is 81.2 Å². The lowest BCUT2D eigenvalue weighted by molar-refractivity contribution is -0.111. The van der Waals surface area contributed by atoms with Crippen LogP contribution in [0.2, 0.25) is 5.02 Å². The molecule has 7 heteroatoms. The van der Waals surface area contributed by atoms with Crippen molar-refractivity contribution in [1.82, 2.24) is 9.97 Å². The Morgan fingerprint density at radius 1 is 0.971 bits per heavy atom. The number of aromatic nitrogens is 2. The van der Waals surface area contributed by atoms with Gasteiger partial charge >= 0.3 is 0 Å². The molecule has 3 aromatic heterocycles. The molecular formula is C27H20ClN3O3. The zero-order valence-electron chi connectivity index (χ0n) is 18.5. The number of oxazole rings is 1. The van der Waals surface area contributed by atoms with Gasteiger partial charge in [0.15, 0.2) is 11.2 Å². The largest absolute Gasteiger partial charge is 0.457 e. The molecule has 0 aliphatic carbocycles. The van der Waals surface area contributed by atoms with Crippen LogP contribution in [0.3, 0.4) is 0 Å². The van der Waals surface area contributed by atoms with E-state index in [0.717, 1.165) is 22.3 Å². The molecular weight excluding hydrogens is 450 g/mol. The molecule has 1 amide bonds. The summed E-state index contributed by atoms with van der Waals surface area (Å²) in [4.78, 5) is 21.1. The Hall–Kier alpha value is -4.16. The number of benzene rings is 2. The summed E-state index contributed by atoms with van der Waals surface area (Å²) in [6.07, 6.45) is 4.74. The number of amides is 1. The highest BCUT2D eigenvalue weighted by molar-refractivity contribution is 6.31. The van der Waals surface area contributed by atoms with Crippen molar-refractivity contribution in [2.45, 2.75) is 13.8 Å². The molecule has 2 aromatic carbocycles. The molecule has 3 heterocycles. The van der Waals surface area contributed by atoms with E-state index in [4.69, 9.17) is 20.4 Å². The quantitative estimate of drug-likeness (QED) is 0.278. The van der Waals surface area contributed by atoms with Gasteiger partial charge in [-0.2, -0.15) is 4.98 Å². The van der Waals surface area contributed by atoms with E-state index in [9.17, 15) is 4.79 Å². The van der Waals surface area contributed by atoms with E-state index in [2.05, 4.69) is 15.3 Å². The molecule has 0 bridgehead atoms. The standard InChI is InChI=1S/C27H20ClN3O3/c1-16-5-6-18(15-21(16)28)23-11-8-20(33-23)9-12-25(32)30-22-10-7-19(14-17(22)2)27-31-26-24(34-27)4-3-13-29-26/h3-15H,1-2H3,(H,30,32)/b12-9+. The Balaban J connectivity index is 1.27. The van der Waals surface area contributed by atoms with Gasteiger partial charge in [-0.15, -0.1) is 0 Å². The van der Waals surface area contributed by atoms with E-state index in [1.165, 1.54) is 6.08 Å². The highest BCUT2D eigenvalue weighted by atomic mass is 35.5. The number of nitrogens with one attached hydrogen (secondary N) is 1. The number of hydrogen-bond acceptors (Lipinski definition) is 5. The second-order valence-corrected chi connectivity index (χ2v) is 8.27. The summed E-state index contributed by atoms with van der Waals surface area (Å²) in [7, 11) is 0. The van der Waals surface area contributed by atoms with Crippen LogP contribution in [0.15, 0.2) is 81.8 Å². The van der Waals surface area contributed by atoms with Crippen LogP contribution >= 0.6 is 11.6 Å². The predicted molar refractivity (Wildman–Crippen MR) is 134 cm³/mol. The first-order chi connectivity index (χ1) is 16.5. The lowest BCUT2D eigenvalue weighted by atomic mass is 10.1. The monoisotopic (exact) mass is 469 g/mol. The first kappa shape index (κ1) is 21.7. The molecule has 5 rings (SSSR count). The van der Waals surface area contributed by atoms with Crippen molar-refractivity contribution < 1.29 is 13.6 Å². The number of anilines is 1. The summed E-state index contributed by atoms with van der Waals surface area (Å²) in [5.41, 5.74) is 5.46. The van der Waals surface area contributed by atoms with Gasteiger partial charge in [-0.05, 0) is 79.6 Å². The summed E-state index contributed by atoms with van der Waals surface area (Å²) in [6, 6.07) is 18.6. The van der Waals surface area contributed by atoms with Crippen LogP contribution in [0.25, 0.3) is 40.1 Å². The van der Waals surface area contributed by atoms with Crippen LogP contribution in [0.4, 0.5) is 5.69 Å². The molecule has 0 atom stereocenters. The van der Waals surface area contributed by atoms with Gasteiger partial charge in [0.2, 0.25) is 11.8 Å². The number of hydrogen-bond donors (Lipinski definition) is 1. The van der Waals surface area contributed by atoms with Crippen LogP contribution in [0.1, 0.15) is 16.9 Å². The minimum Gasteiger partial charge on any atom is -0.457 e. The SMILES string of the molecule is Cc1ccc(-c2ccc(/C=C/C(=O)Nc3ccc(-c4nc5ncccc5o4)cc3C)o2)cc1Cl. The van der Waals surface area contributed by atoms with Crippen molar-refractivity contribution in [1.29, 1.82) is 0 Å². The molecule has 0 aliphatic rings. The Morgan fingerprint density at radius 2 is 1.82 bits per heavy atom. The second kappa shape index (κ2) is 9.00. The van der Waals surface area contributed by atoms with E-state index in [0.29, 0.717) is 39.4 Å². The zero-order chi connectivity index (χ0) is 23.7. The van der Waals surface area contributed by atoms with Gasteiger partial charge in [0.1, 0.15) is 11.5 Å². The minimum absolute atomic E-state index is 0.266. The second-order valence-electron chi connectivity index (χ2n) is 7.86. The van der Waals surface area contributed by atoms with Gasteiger partial charge < -0.3 is 14.2 Å². The normalized spacial score (nSPS) is 11.4. The van der Waals surface area contributed by atoms with Gasteiger partial charge in [-0.25, -0.2) is 4.98 Å². The fourth-order valence-corrected chi connectivity index (χ4v) is 3.69. The maximum atomic E-state index is 12.5. The van der Waals surface area contributed by atoms with Crippen molar-refractivity contribution in [3.63, 3.8) is 0 Å². The fourth-order valence-electron chi connectivity index (χ4n) is 3.51. The highest BCUT2D eigenvalue weighted by Gasteiger charge is 2.11. The minimum atomic E-state index is -0.266. The van der Waals surface area contributed by atoms with Crippen LogP contribution < -0.4 is 5.32 Å². The third-order valence-electron chi connectivity index (χ3n) is 5.38. The lowest BCUT2D eigenvalue weighted by Crippen LogP contribution is -2.08. The summed E-state index contributed by atoms with van der Waals surface area (Å²) in [5, 5.41) is 3.57. The summed E-state index contributed by atoms with van der Waals surface area (Å²) < 4.78 is 11.6. The molecule has 0 saturated carbocycles. The average molecular weight is 470 g/mol. The molecule has 0 aliphatic heterocycles. The maximum absolute atomic E-state index is 12.5. The van der Waals surface area contributed by atoms with Crippen molar-refractivity contribution in [2.75, 3.05) is 5.32 Å². The van der Waals surface area contributed by atoms with Crippen molar-refractivity contribution in [2.24, 2.45) is 0 Å². The Bertz CT molecular complexity index is 1520. The highest BCUT2D eigenvalue weighted by Crippen LogP contribution is 2.28. The van der Waals surface area contributed by atoms with Crippen molar-refractivity contribution >= 4 is 40.5 Å². The number of rotatable bonds is 5. The van der Waals surface area contributed by atoms with Gasteiger partial charge in [0.25, 0.3) is 0 Å². The Kier molecular flexibility index (Phi) is 5.74. The average Bonchev–Trinajstić information content (AvgIpc) is 3.48. The Morgan fingerprint density at radius 3 is 2.62 bits per heavy atom. The van der Waals surface area contributed by atoms with Gasteiger partial charge in [-0.1, -0.05) is 23.7 Å². The molecule has 168 valence electrons. The number of nitrogens with zero attached hydrogens (tertiary/aromatic N) is 2. The van der Waals surface area contributed by atoms with Gasteiger partial charge in [0.05, 0.1) is 0 Å². The van der Waals surface area contributed by atoms with E-state index < -0.39 is 0 Å². The van der Waals surface area contributed by atoms with Crippen LogP contribution in [-0.2, 0) is 4.79 Å². The molecule has 0 unspecified atom stereocenters. The van der Waals surface area contributed by atoms with Crippen molar-refractivity contribution in [3.05, 3.63) is 94.8 Å². The van der Waals surface area contributed by atoms with Crippen LogP contribution in [0, 0.1) is 13.8 Å². The summed E-state index contributed by atoms with van der Waals surface area (Å²) in [6.45, 7) is 3.86. The van der Waals surface area contributed by atoms with E-state index in [-0.39, 0.29) is 5.91 Å². The van der Waals surface area contributed by atoms with E-state index in [1.54, 1.807) is 18.3 Å². The number of furan rings is 1. The van der Waals surface area contributed by atoms with Gasteiger partial charge in [0, 0.05) is 34.1 Å². The molecule has 5 aromatic rings. The number of carbonyl (C=O) groups is 1. The van der Waals surface area contributed by atoms with Crippen molar-refractivity contribution in [3.8, 4) is 22.8 Å². The number of aryl methyl sites for hydroxylation is 2. The molecule has 0 spiro atoms. The lowest BCUT2D eigenvalue weighted by Gasteiger charge is -2.07. The first-order valence-electron chi connectivity index (χ1n) is 10.6. The molecule has 0 fully saturated rings. The fraction of sp³-hybridized carbons (Fsp3) is 0.0741. The molecule has 0 radical (unpaired) electrons. The van der Waals surface area contributed by atoms with Crippen LogP contribution in [-0.4, -0.2) is 15.9 Å². The third-order valence-corrected chi connectivity index (χ3v) is 5.79. The summed E-state index contributed by atoms with van der Waals surface area (Å²) >= 11 is 6.21. The predicted octanol–water partition coefficient (Wildman–Crippen LogP) is 7.07. The Labute approximate surface area is 200 Å². The number of fused-ring (bicyclic) bond motifs is 1. The smallest absolute Gasteiger partial charge is 0.248 e. The van der Waals surface area contributed by atoms with Gasteiger partial charge in [-0.3, -0.25) is 4.79 Å². The maximum Gasteiger partial charge on any atom is 0.248 e. The third kappa shape index (κ3) is 4.49. The zero-order valence-corrected chi connectivity index (χ0v) is 19.3. The molecule has 34 heavy (non-hydrogen) atoms. The first-order valence-corrected chi connectivity index (χ1v) is 11.0. The molecule has 1 N–H and O–H groups in total. The molecule has 0 saturated heterocycles. The molecule has 6 nitrogen and oxygen atoms in total. The number of halogens is 1. The number of carbonyl (C=O) groups excluding carboxylic acids is 1. The van der Waals surface area contributed by atoms with E-state index in [1.807, 2.05) is 68.4 Å². The summed E-state index contributed by atoms with van der Waals surface area (Å²) in [5.74, 6) is 1.47. The van der Waals surface area contributed by atoms with E-state index >= 15 is 0 Å². The number of pyridine rings is 1. The van der Waals surface area contributed by atoms with Crippen LogP contribution in [0.5, 0.6) is 0 Å².